The smallest absolute Gasteiger partial charge is 0.157 e. The lowest BCUT2D eigenvalue weighted by Gasteiger charge is -2.12. The first-order valence-corrected chi connectivity index (χ1v) is 6.68. The molecule has 3 N–H and O–H groups in total. The van der Waals surface area contributed by atoms with E-state index in [2.05, 4.69) is 4.98 Å². The van der Waals surface area contributed by atoms with Gasteiger partial charge < -0.3 is 10.5 Å². The zero-order valence-electron chi connectivity index (χ0n) is 10.2. The zero-order chi connectivity index (χ0) is 14.7. The van der Waals surface area contributed by atoms with Crippen LogP contribution in [0.2, 0.25) is 15.1 Å². The minimum Gasteiger partial charge on any atom is -0.486 e. The van der Waals surface area contributed by atoms with E-state index in [1.54, 1.807) is 30.5 Å². The molecule has 0 fully saturated rings. The van der Waals surface area contributed by atoms with Gasteiger partial charge in [0.05, 0.1) is 10.0 Å². The molecule has 0 bridgehead atoms. The predicted molar refractivity (Wildman–Crippen MR) is 81.1 cm³/mol. The van der Waals surface area contributed by atoms with Crippen LogP contribution >= 0.6 is 34.8 Å². The highest BCUT2D eigenvalue weighted by Crippen LogP contribution is 2.36. The largest absolute Gasteiger partial charge is 0.486 e. The molecule has 2 aromatic rings. The van der Waals surface area contributed by atoms with Gasteiger partial charge in [-0.2, -0.15) is 0 Å². The lowest BCUT2D eigenvalue weighted by molar-refractivity contribution is 0.306. The van der Waals surface area contributed by atoms with Crippen LogP contribution in [-0.2, 0) is 6.61 Å². The maximum absolute atomic E-state index is 7.46. The highest BCUT2D eigenvalue weighted by atomic mass is 35.5. The van der Waals surface area contributed by atoms with Gasteiger partial charge in [0, 0.05) is 16.8 Å². The van der Waals surface area contributed by atoms with Crippen molar-refractivity contribution < 1.29 is 4.74 Å². The lowest BCUT2D eigenvalue weighted by Crippen LogP contribution is -2.16. The molecule has 0 atom stereocenters. The molecule has 0 aliphatic heterocycles. The standard InChI is InChI=1S/C13H10Cl3N3O/c14-8-4-9(15)12(10(16)5-8)20-6-7-2-1-3-19-11(7)13(17)18/h1-5H,6H2,(H3,17,18). The van der Waals surface area contributed by atoms with Crippen LogP contribution in [0.4, 0.5) is 0 Å². The highest BCUT2D eigenvalue weighted by molar-refractivity contribution is 6.40. The lowest BCUT2D eigenvalue weighted by atomic mass is 10.2. The summed E-state index contributed by atoms with van der Waals surface area (Å²) in [6.45, 7) is 0.143. The number of hydrogen-bond donors (Lipinski definition) is 2. The molecule has 0 spiro atoms. The van der Waals surface area contributed by atoms with E-state index in [0.717, 1.165) is 0 Å². The van der Waals surface area contributed by atoms with Crippen LogP contribution in [0, 0.1) is 5.41 Å². The summed E-state index contributed by atoms with van der Waals surface area (Å²) >= 11 is 17.9. The molecule has 104 valence electrons. The molecule has 20 heavy (non-hydrogen) atoms. The first-order valence-electron chi connectivity index (χ1n) is 5.54. The average molecular weight is 331 g/mol. The number of amidine groups is 1. The fourth-order valence-electron chi connectivity index (χ4n) is 1.61. The van der Waals surface area contributed by atoms with Gasteiger partial charge in [0.15, 0.2) is 5.75 Å². The average Bonchev–Trinajstić information content (AvgIpc) is 2.37. The number of nitrogens with one attached hydrogen (secondary N) is 1. The van der Waals surface area contributed by atoms with Crippen molar-refractivity contribution >= 4 is 40.6 Å². The second-order valence-corrected chi connectivity index (χ2v) is 5.16. The molecule has 1 aromatic heterocycles. The van der Waals surface area contributed by atoms with Crippen molar-refractivity contribution in [3.05, 3.63) is 56.8 Å². The number of aromatic nitrogens is 1. The van der Waals surface area contributed by atoms with Gasteiger partial charge in [-0.05, 0) is 18.2 Å². The van der Waals surface area contributed by atoms with Crippen molar-refractivity contribution in [2.75, 3.05) is 0 Å². The van der Waals surface area contributed by atoms with Crippen LogP contribution in [0.3, 0.4) is 0 Å². The van der Waals surface area contributed by atoms with E-state index in [1.165, 1.54) is 0 Å². The Bertz CT molecular complexity index is 638. The zero-order valence-corrected chi connectivity index (χ0v) is 12.4. The van der Waals surface area contributed by atoms with Crippen molar-refractivity contribution in [3.63, 3.8) is 0 Å². The summed E-state index contributed by atoms with van der Waals surface area (Å²) in [6.07, 6.45) is 1.56. The Labute approximate surface area is 130 Å². The summed E-state index contributed by atoms with van der Waals surface area (Å²) in [5.74, 6) is 0.202. The van der Waals surface area contributed by atoms with Crippen molar-refractivity contribution in [1.29, 1.82) is 5.41 Å². The van der Waals surface area contributed by atoms with E-state index in [9.17, 15) is 0 Å². The fourth-order valence-corrected chi connectivity index (χ4v) is 2.54. The van der Waals surface area contributed by atoms with Gasteiger partial charge in [-0.3, -0.25) is 10.4 Å². The van der Waals surface area contributed by atoms with Gasteiger partial charge in [0.25, 0.3) is 0 Å². The Balaban J connectivity index is 2.24. The number of pyridine rings is 1. The molecule has 4 nitrogen and oxygen atoms in total. The summed E-state index contributed by atoms with van der Waals surface area (Å²) < 4.78 is 5.58. The van der Waals surface area contributed by atoms with E-state index in [1.807, 2.05) is 0 Å². The Morgan fingerprint density at radius 1 is 1.25 bits per heavy atom. The van der Waals surface area contributed by atoms with Gasteiger partial charge in [-0.25, -0.2) is 0 Å². The molecule has 2 rings (SSSR count). The number of rotatable bonds is 4. The summed E-state index contributed by atoms with van der Waals surface area (Å²) in [7, 11) is 0. The fraction of sp³-hybridized carbons (Fsp3) is 0.0769. The minimum atomic E-state index is -0.127. The van der Waals surface area contributed by atoms with Crippen LogP contribution in [-0.4, -0.2) is 10.8 Å². The Morgan fingerprint density at radius 2 is 1.90 bits per heavy atom. The number of benzene rings is 1. The van der Waals surface area contributed by atoms with Gasteiger partial charge >= 0.3 is 0 Å². The Hall–Kier alpha value is -1.49. The SMILES string of the molecule is N=C(N)c1ncccc1COc1c(Cl)cc(Cl)cc1Cl. The number of nitrogens with zero attached hydrogens (tertiary/aromatic N) is 1. The van der Waals surface area contributed by atoms with Crippen molar-refractivity contribution in [1.82, 2.24) is 4.98 Å². The normalized spacial score (nSPS) is 10.3. The molecule has 1 heterocycles. The van der Waals surface area contributed by atoms with E-state index in [-0.39, 0.29) is 12.4 Å². The molecule has 1 aromatic carbocycles. The predicted octanol–water partition coefficient (Wildman–Crippen LogP) is 3.90. The summed E-state index contributed by atoms with van der Waals surface area (Å²) in [6, 6.07) is 6.58. The van der Waals surface area contributed by atoms with Crippen molar-refractivity contribution in [2.45, 2.75) is 6.61 Å². The van der Waals surface area contributed by atoms with Crippen molar-refractivity contribution in [3.8, 4) is 5.75 Å². The van der Waals surface area contributed by atoms with Crippen LogP contribution in [0.1, 0.15) is 11.3 Å². The van der Waals surface area contributed by atoms with Gasteiger partial charge in [0.2, 0.25) is 0 Å². The van der Waals surface area contributed by atoms with E-state index in [4.69, 9.17) is 50.7 Å². The monoisotopic (exact) mass is 329 g/mol. The van der Waals surface area contributed by atoms with E-state index >= 15 is 0 Å². The molecular formula is C13H10Cl3N3O. The van der Waals surface area contributed by atoms with Gasteiger partial charge in [-0.1, -0.05) is 40.9 Å². The van der Waals surface area contributed by atoms with Crippen LogP contribution in [0.25, 0.3) is 0 Å². The first-order chi connectivity index (χ1) is 9.49. The van der Waals surface area contributed by atoms with Crippen LogP contribution < -0.4 is 10.5 Å². The quantitative estimate of drug-likeness (QED) is 0.659. The third-order valence-corrected chi connectivity index (χ3v) is 3.26. The third kappa shape index (κ3) is 3.33. The molecule has 0 aliphatic rings. The highest BCUT2D eigenvalue weighted by Gasteiger charge is 2.12. The Morgan fingerprint density at radius 3 is 2.50 bits per heavy atom. The molecule has 0 saturated carbocycles. The van der Waals surface area contributed by atoms with E-state index in [0.29, 0.717) is 32.1 Å². The number of halogens is 3. The maximum Gasteiger partial charge on any atom is 0.157 e. The topological polar surface area (TPSA) is 72.0 Å². The Kier molecular flexibility index (Phi) is 4.70. The summed E-state index contributed by atoms with van der Waals surface area (Å²) in [5, 5.41) is 8.52. The number of nitrogens with two attached hydrogens (primary N) is 1. The minimum absolute atomic E-state index is 0.127. The van der Waals surface area contributed by atoms with Crippen LogP contribution in [0.5, 0.6) is 5.75 Å². The second kappa shape index (κ2) is 6.31. The number of nitrogen functional groups attached to an aromatic ring is 1. The second-order valence-electron chi connectivity index (χ2n) is 3.91. The molecule has 0 unspecified atom stereocenters. The van der Waals surface area contributed by atoms with E-state index < -0.39 is 0 Å². The molecule has 0 amide bonds. The number of ether oxygens (including phenoxy) is 1. The molecule has 7 heteroatoms. The summed E-state index contributed by atoms with van der Waals surface area (Å²) in [4.78, 5) is 4.03. The van der Waals surface area contributed by atoms with Crippen molar-refractivity contribution in [2.24, 2.45) is 5.73 Å². The third-order valence-electron chi connectivity index (χ3n) is 2.48. The molecular weight excluding hydrogens is 321 g/mol. The van der Waals surface area contributed by atoms with Gasteiger partial charge in [0.1, 0.15) is 18.1 Å². The molecule has 0 aliphatic carbocycles. The molecule has 0 saturated heterocycles. The maximum atomic E-state index is 7.46. The summed E-state index contributed by atoms with van der Waals surface area (Å²) in [5.41, 5.74) is 6.50. The molecule has 0 radical (unpaired) electrons. The number of hydrogen-bond acceptors (Lipinski definition) is 3. The first kappa shape index (κ1) is 14.9. The van der Waals surface area contributed by atoms with Gasteiger partial charge in [-0.15, -0.1) is 0 Å². The van der Waals surface area contributed by atoms with Crippen LogP contribution in [0.15, 0.2) is 30.5 Å².